The lowest BCUT2D eigenvalue weighted by Crippen LogP contribution is -2.46. The number of nitrogens with zero attached hydrogens (tertiary/aromatic N) is 1. The lowest BCUT2D eigenvalue weighted by molar-refractivity contribution is -0.123. The van der Waals surface area contributed by atoms with E-state index in [1.165, 1.54) is 6.07 Å². The normalized spacial score (nSPS) is 14.1. The van der Waals surface area contributed by atoms with E-state index < -0.39 is 11.9 Å². The second-order valence-electron chi connectivity index (χ2n) is 7.77. The van der Waals surface area contributed by atoms with Gasteiger partial charge in [-0.3, -0.25) is 4.79 Å². The first-order valence-electron chi connectivity index (χ1n) is 11.2. The van der Waals surface area contributed by atoms with Gasteiger partial charge in [0, 0.05) is 10.7 Å². The van der Waals surface area contributed by atoms with Gasteiger partial charge in [0.1, 0.15) is 6.61 Å². The summed E-state index contributed by atoms with van der Waals surface area (Å²) in [5.41, 5.74) is 4.52. The molecule has 1 aliphatic heterocycles. The monoisotopic (exact) mass is 607 g/mol. The van der Waals surface area contributed by atoms with E-state index in [9.17, 15) is 9.59 Å². The maximum absolute atomic E-state index is 13.0. The summed E-state index contributed by atoms with van der Waals surface area (Å²) in [6.45, 7) is 2.64. The summed E-state index contributed by atoms with van der Waals surface area (Å²) in [5, 5.41) is 4.88. The molecule has 196 valence electrons. The minimum Gasteiger partial charge on any atom is -0.490 e. The Labute approximate surface area is 244 Å². The van der Waals surface area contributed by atoms with E-state index in [1.807, 2.05) is 19.1 Å². The van der Waals surface area contributed by atoms with Crippen molar-refractivity contribution in [2.75, 3.05) is 11.9 Å². The van der Waals surface area contributed by atoms with Gasteiger partial charge in [0.25, 0.3) is 5.91 Å². The number of hydrogen-bond acceptors (Lipinski definition) is 6. The highest BCUT2D eigenvalue weighted by Crippen LogP contribution is 2.34. The van der Waals surface area contributed by atoms with E-state index in [2.05, 4.69) is 10.7 Å². The second-order valence-corrected chi connectivity index (χ2v) is 10.7. The third-order valence-electron chi connectivity index (χ3n) is 5.06. The van der Waals surface area contributed by atoms with E-state index >= 15 is 0 Å². The smallest absolute Gasteiger partial charge is 0.338 e. The minimum absolute atomic E-state index is 0.179. The zero-order valence-corrected chi connectivity index (χ0v) is 23.7. The van der Waals surface area contributed by atoms with Crippen molar-refractivity contribution in [2.24, 2.45) is 0 Å². The largest absolute Gasteiger partial charge is 0.490 e. The number of amides is 3. The Morgan fingerprint density at radius 3 is 2.47 bits per heavy atom. The maximum atomic E-state index is 13.0. The predicted molar refractivity (Wildman–Crippen MR) is 157 cm³/mol. The molecule has 0 aromatic heterocycles. The summed E-state index contributed by atoms with van der Waals surface area (Å²) in [6, 6.07) is 16.7. The van der Waals surface area contributed by atoms with Crippen LogP contribution in [-0.2, 0) is 11.4 Å². The average molecular weight is 609 g/mol. The zero-order valence-electron chi connectivity index (χ0n) is 19.8. The summed E-state index contributed by atoms with van der Waals surface area (Å²) in [5.74, 6) is 0.627. The summed E-state index contributed by atoms with van der Waals surface area (Å²) >= 11 is 24.2. The molecule has 0 aliphatic carbocycles. The standard InChI is InChI=1S/C26H20Cl3N3O4S2/c1-2-35-22-11-16(5-10-21(22)36-14-15-3-6-17(27)7-4-15)12-23-24(33)32(26(37)38-23)31-25(34)30-18-8-9-19(28)20(29)13-18/h3-13H,2,14H2,1H3,(H2,30,31,34)/b23-12+. The van der Waals surface area contributed by atoms with Crippen LogP contribution in [0, 0.1) is 0 Å². The molecular weight excluding hydrogens is 589 g/mol. The van der Waals surface area contributed by atoms with Crippen LogP contribution in [0.4, 0.5) is 10.5 Å². The van der Waals surface area contributed by atoms with Crippen molar-refractivity contribution in [3.05, 3.63) is 91.8 Å². The number of nitrogens with one attached hydrogen (secondary N) is 2. The fourth-order valence-corrected chi connectivity index (χ4v) is 4.90. The molecule has 0 radical (unpaired) electrons. The number of halogens is 3. The fraction of sp³-hybridized carbons (Fsp3) is 0.115. The number of carbonyl (C=O) groups excluding carboxylic acids is 2. The molecule has 0 atom stereocenters. The van der Waals surface area contributed by atoms with Crippen LogP contribution in [0.5, 0.6) is 11.5 Å². The minimum atomic E-state index is -0.665. The molecule has 0 saturated carbocycles. The second kappa shape index (κ2) is 12.7. The number of ether oxygens (including phenoxy) is 2. The number of urea groups is 1. The van der Waals surface area contributed by atoms with E-state index in [1.54, 1.807) is 48.5 Å². The van der Waals surface area contributed by atoms with Crippen molar-refractivity contribution in [3.63, 3.8) is 0 Å². The highest BCUT2D eigenvalue weighted by Gasteiger charge is 2.33. The topological polar surface area (TPSA) is 79.9 Å². The van der Waals surface area contributed by atoms with Gasteiger partial charge >= 0.3 is 6.03 Å². The molecule has 2 N–H and O–H groups in total. The quantitative estimate of drug-likeness (QED) is 0.203. The molecule has 3 amide bonds. The van der Waals surface area contributed by atoms with Gasteiger partial charge in [-0.2, -0.15) is 5.01 Å². The molecule has 1 heterocycles. The van der Waals surface area contributed by atoms with Gasteiger partial charge in [0.05, 0.1) is 21.6 Å². The lowest BCUT2D eigenvalue weighted by atomic mass is 10.2. The van der Waals surface area contributed by atoms with Crippen molar-refractivity contribution in [1.29, 1.82) is 0 Å². The molecular formula is C26H20Cl3N3O4S2. The van der Waals surface area contributed by atoms with Gasteiger partial charge in [-0.05, 0) is 78.8 Å². The molecule has 0 unspecified atom stereocenters. The van der Waals surface area contributed by atoms with Gasteiger partial charge < -0.3 is 14.8 Å². The third kappa shape index (κ3) is 7.12. The van der Waals surface area contributed by atoms with Crippen LogP contribution in [0.2, 0.25) is 15.1 Å². The lowest BCUT2D eigenvalue weighted by Gasteiger charge is -2.16. The Hall–Kier alpha value is -2.95. The van der Waals surface area contributed by atoms with Crippen molar-refractivity contribution in [3.8, 4) is 11.5 Å². The molecule has 3 aromatic carbocycles. The van der Waals surface area contributed by atoms with Crippen LogP contribution < -0.4 is 20.2 Å². The predicted octanol–water partition coefficient (Wildman–Crippen LogP) is 7.56. The summed E-state index contributed by atoms with van der Waals surface area (Å²) in [6.07, 6.45) is 1.67. The molecule has 4 rings (SSSR count). The molecule has 38 heavy (non-hydrogen) atoms. The van der Waals surface area contributed by atoms with Crippen LogP contribution in [0.25, 0.3) is 6.08 Å². The Morgan fingerprint density at radius 1 is 1.00 bits per heavy atom. The number of anilines is 1. The number of rotatable bonds is 8. The van der Waals surface area contributed by atoms with Crippen LogP contribution >= 0.6 is 58.8 Å². The first-order chi connectivity index (χ1) is 18.2. The number of thioether (sulfide) groups is 1. The number of hydrazine groups is 1. The Bertz CT molecular complexity index is 1420. The van der Waals surface area contributed by atoms with E-state index in [0.717, 1.165) is 22.3 Å². The van der Waals surface area contributed by atoms with Gasteiger partial charge in [-0.1, -0.05) is 64.8 Å². The van der Waals surface area contributed by atoms with Gasteiger partial charge in [-0.15, -0.1) is 0 Å². The molecule has 12 heteroatoms. The number of carbonyl (C=O) groups is 2. The molecule has 1 fully saturated rings. The highest BCUT2D eigenvalue weighted by atomic mass is 35.5. The van der Waals surface area contributed by atoms with Crippen molar-refractivity contribution in [2.45, 2.75) is 13.5 Å². The maximum Gasteiger partial charge on any atom is 0.338 e. The van der Waals surface area contributed by atoms with Crippen molar-refractivity contribution in [1.82, 2.24) is 10.4 Å². The zero-order chi connectivity index (χ0) is 27.2. The number of thiocarbonyl (C=S) groups is 1. The summed E-state index contributed by atoms with van der Waals surface area (Å²) < 4.78 is 11.9. The highest BCUT2D eigenvalue weighted by molar-refractivity contribution is 8.26. The third-order valence-corrected chi connectivity index (χ3v) is 7.35. The first-order valence-corrected chi connectivity index (χ1v) is 13.5. The molecule has 1 saturated heterocycles. The van der Waals surface area contributed by atoms with Crippen LogP contribution in [0.1, 0.15) is 18.1 Å². The van der Waals surface area contributed by atoms with Gasteiger partial charge in [0.2, 0.25) is 0 Å². The molecule has 1 aliphatic rings. The van der Waals surface area contributed by atoms with E-state index in [0.29, 0.717) is 50.9 Å². The van der Waals surface area contributed by atoms with Crippen LogP contribution in [0.15, 0.2) is 65.6 Å². The first kappa shape index (κ1) is 28.1. The summed E-state index contributed by atoms with van der Waals surface area (Å²) in [4.78, 5) is 25.7. The SMILES string of the molecule is CCOc1cc(/C=C2/SC(=S)N(NC(=O)Nc3ccc(Cl)c(Cl)c3)C2=O)ccc1OCc1ccc(Cl)cc1. The van der Waals surface area contributed by atoms with E-state index in [4.69, 9.17) is 56.5 Å². The Balaban J connectivity index is 1.44. The van der Waals surface area contributed by atoms with Gasteiger partial charge in [-0.25, -0.2) is 10.2 Å². The molecule has 3 aromatic rings. The summed E-state index contributed by atoms with van der Waals surface area (Å²) in [7, 11) is 0. The fourth-order valence-electron chi connectivity index (χ4n) is 3.29. The van der Waals surface area contributed by atoms with Crippen LogP contribution in [-0.4, -0.2) is 27.9 Å². The van der Waals surface area contributed by atoms with E-state index in [-0.39, 0.29) is 9.34 Å². The number of hydrogen-bond donors (Lipinski definition) is 2. The molecule has 7 nitrogen and oxygen atoms in total. The molecule has 0 spiro atoms. The molecule has 0 bridgehead atoms. The van der Waals surface area contributed by atoms with Crippen LogP contribution in [0.3, 0.4) is 0 Å². The average Bonchev–Trinajstić information content (AvgIpc) is 3.14. The van der Waals surface area contributed by atoms with Crippen molar-refractivity contribution >= 4 is 86.8 Å². The van der Waals surface area contributed by atoms with Gasteiger partial charge in [0.15, 0.2) is 15.8 Å². The Kier molecular flexibility index (Phi) is 9.40. The Morgan fingerprint density at radius 2 is 1.76 bits per heavy atom. The number of benzene rings is 3. The van der Waals surface area contributed by atoms with Crippen molar-refractivity contribution < 1.29 is 19.1 Å².